The summed E-state index contributed by atoms with van der Waals surface area (Å²) in [4.78, 5) is 31.0. The molecule has 1 fully saturated rings. The molecule has 36 heavy (non-hydrogen) atoms. The number of rotatable bonds is 7. The standard InChI is InChI=1S/C27H29N5O3S/c1-18-8-14-23(15-9-18)36-17-21-16-24(33)30-26(29-21)32-27(28-20-10-12-22(35-2)13-11-20)31-25(34)19-6-4-3-5-7-19/h3-15,21,26,29H,16-17H2,1-2H3,(H,30,33)(H2,28,31,32,34). The Hall–Kier alpha value is -3.82. The van der Waals surface area contributed by atoms with Gasteiger partial charge in [-0.3, -0.25) is 20.2 Å². The van der Waals surface area contributed by atoms with Gasteiger partial charge in [-0.1, -0.05) is 35.9 Å². The number of aryl methyl sites for hydroxylation is 1. The zero-order valence-electron chi connectivity index (χ0n) is 20.2. The van der Waals surface area contributed by atoms with Crippen molar-refractivity contribution in [3.63, 3.8) is 0 Å². The summed E-state index contributed by atoms with van der Waals surface area (Å²) in [5, 5.41) is 12.2. The zero-order chi connectivity index (χ0) is 25.3. The average molecular weight is 504 g/mol. The molecule has 1 aliphatic rings. The third kappa shape index (κ3) is 7.34. The van der Waals surface area contributed by atoms with E-state index in [0.717, 1.165) is 4.90 Å². The van der Waals surface area contributed by atoms with E-state index >= 15 is 0 Å². The third-order valence-electron chi connectivity index (χ3n) is 5.47. The van der Waals surface area contributed by atoms with E-state index in [1.54, 1.807) is 55.3 Å². The first-order chi connectivity index (χ1) is 17.5. The minimum absolute atomic E-state index is 0.0779. The van der Waals surface area contributed by atoms with E-state index in [9.17, 15) is 9.59 Å². The van der Waals surface area contributed by atoms with Gasteiger partial charge in [0, 0.05) is 34.4 Å². The first-order valence-corrected chi connectivity index (χ1v) is 12.6. The fourth-order valence-corrected chi connectivity index (χ4v) is 4.51. The van der Waals surface area contributed by atoms with E-state index in [4.69, 9.17) is 4.74 Å². The van der Waals surface area contributed by atoms with Crippen LogP contribution in [0.5, 0.6) is 5.75 Å². The van der Waals surface area contributed by atoms with Crippen molar-refractivity contribution in [3.05, 3.63) is 90.0 Å². The maximum Gasteiger partial charge on any atom is 0.257 e. The topological polar surface area (TPSA) is 104 Å². The summed E-state index contributed by atoms with van der Waals surface area (Å²) in [5.41, 5.74) is 2.41. The molecule has 2 unspecified atom stereocenters. The van der Waals surface area contributed by atoms with E-state index in [0.29, 0.717) is 29.2 Å². The number of guanidine groups is 1. The quantitative estimate of drug-likeness (QED) is 0.222. The van der Waals surface area contributed by atoms with Gasteiger partial charge in [-0.2, -0.15) is 0 Å². The normalized spacial score (nSPS) is 17.7. The molecule has 3 aromatic rings. The number of carbonyl (C=O) groups is 2. The van der Waals surface area contributed by atoms with Gasteiger partial charge < -0.3 is 15.4 Å². The van der Waals surface area contributed by atoms with Gasteiger partial charge in [-0.15, -0.1) is 11.8 Å². The molecule has 3 aromatic carbocycles. The fourth-order valence-electron chi connectivity index (χ4n) is 3.57. The molecule has 1 aliphatic heterocycles. The van der Waals surface area contributed by atoms with Crippen molar-refractivity contribution in [2.24, 2.45) is 4.99 Å². The van der Waals surface area contributed by atoms with E-state index < -0.39 is 6.29 Å². The highest BCUT2D eigenvalue weighted by Crippen LogP contribution is 2.21. The minimum Gasteiger partial charge on any atom is -0.497 e. The van der Waals surface area contributed by atoms with Gasteiger partial charge in [0.2, 0.25) is 11.9 Å². The molecule has 1 heterocycles. The molecule has 1 saturated heterocycles. The van der Waals surface area contributed by atoms with Gasteiger partial charge >= 0.3 is 0 Å². The fraction of sp³-hybridized carbons (Fsp3) is 0.222. The van der Waals surface area contributed by atoms with Crippen LogP contribution in [0.25, 0.3) is 0 Å². The number of hydrogen-bond acceptors (Lipinski definition) is 6. The van der Waals surface area contributed by atoms with Crippen LogP contribution in [0.3, 0.4) is 0 Å². The molecule has 0 spiro atoms. The first-order valence-electron chi connectivity index (χ1n) is 11.6. The van der Waals surface area contributed by atoms with Crippen molar-refractivity contribution >= 4 is 35.2 Å². The highest BCUT2D eigenvalue weighted by Gasteiger charge is 2.26. The van der Waals surface area contributed by atoms with Crippen molar-refractivity contribution in [2.75, 3.05) is 18.2 Å². The van der Waals surface area contributed by atoms with Crippen LogP contribution in [0.4, 0.5) is 5.69 Å². The molecule has 0 bridgehead atoms. The molecule has 0 aliphatic carbocycles. The van der Waals surface area contributed by atoms with Crippen LogP contribution in [0, 0.1) is 6.92 Å². The van der Waals surface area contributed by atoms with Crippen LogP contribution >= 0.6 is 11.8 Å². The molecule has 2 amide bonds. The highest BCUT2D eigenvalue weighted by atomic mass is 32.2. The van der Waals surface area contributed by atoms with Gasteiger partial charge in [0.1, 0.15) is 5.75 Å². The number of benzene rings is 3. The summed E-state index contributed by atoms with van der Waals surface area (Å²) in [6.45, 7) is 2.05. The number of nitrogens with one attached hydrogen (secondary N) is 4. The molecular weight excluding hydrogens is 474 g/mol. The first kappa shape index (κ1) is 25.3. The molecule has 8 nitrogen and oxygen atoms in total. The summed E-state index contributed by atoms with van der Waals surface area (Å²) in [6, 6.07) is 24.3. The Bertz CT molecular complexity index is 1200. The lowest BCUT2D eigenvalue weighted by atomic mass is 10.2. The molecule has 0 radical (unpaired) electrons. The summed E-state index contributed by atoms with van der Waals surface area (Å²) >= 11 is 1.68. The molecule has 4 rings (SSSR count). The van der Waals surface area contributed by atoms with Crippen LogP contribution in [-0.4, -0.2) is 43.0 Å². The summed E-state index contributed by atoms with van der Waals surface area (Å²) in [5.74, 6) is 1.21. The molecule has 0 saturated carbocycles. The number of hydrogen-bond donors (Lipinski definition) is 4. The molecule has 4 N–H and O–H groups in total. The smallest absolute Gasteiger partial charge is 0.257 e. The van der Waals surface area contributed by atoms with Crippen molar-refractivity contribution < 1.29 is 14.3 Å². The predicted octanol–water partition coefficient (Wildman–Crippen LogP) is 3.76. The second-order valence-electron chi connectivity index (χ2n) is 8.31. The van der Waals surface area contributed by atoms with Crippen molar-refractivity contribution in [3.8, 4) is 5.75 Å². The SMILES string of the molecule is COc1ccc(N/C(=N\C2NC(=O)CC(CSc3ccc(C)cc3)N2)NC(=O)c2ccccc2)cc1. The minimum atomic E-state index is -0.702. The molecule has 0 aromatic heterocycles. The second-order valence-corrected chi connectivity index (χ2v) is 9.41. The predicted molar refractivity (Wildman–Crippen MR) is 143 cm³/mol. The van der Waals surface area contributed by atoms with Gasteiger partial charge in [0.25, 0.3) is 5.91 Å². The summed E-state index contributed by atoms with van der Waals surface area (Å²) in [6.07, 6.45) is -0.352. The zero-order valence-corrected chi connectivity index (χ0v) is 21.0. The number of ether oxygens (including phenoxy) is 1. The lowest BCUT2D eigenvalue weighted by Crippen LogP contribution is -2.57. The molecule has 2 atom stereocenters. The average Bonchev–Trinajstić information content (AvgIpc) is 2.89. The van der Waals surface area contributed by atoms with E-state index in [2.05, 4.69) is 57.4 Å². The third-order valence-corrected chi connectivity index (χ3v) is 6.65. The number of thioether (sulfide) groups is 1. The Morgan fingerprint density at radius 3 is 2.47 bits per heavy atom. The van der Waals surface area contributed by atoms with Crippen LogP contribution in [0.15, 0.2) is 88.8 Å². The van der Waals surface area contributed by atoms with Gasteiger partial charge in [-0.05, 0) is 55.5 Å². The Kier molecular flexibility index (Phi) is 8.59. The van der Waals surface area contributed by atoms with Crippen molar-refractivity contribution in [2.45, 2.75) is 30.6 Å². The Balaban J connectivity index is 1.48. The van der Waals surface area contributed by atoms with Gasteiger partial charge in [0.15, 0.2) is 6.29 Å². The number of nitrogens with zero attached hydrogens (tertiary/aromatic N) is 1. The summed E-state index contributed by atoms with van der Waals surface area (Å²) in [7, 11) is 1.60. The summed E-state index contributed by atoms with van der Waals surface area (Å²) < 4.78 is 5.22. The van der Waals surface area contributed by atoms with E-state index in [1.807, 2.05) is 18.2 Å². The molecule has 9 heteroatoms. The molecular formula is C27H29N5O3S. The van der Waals surface area contributed by atoms with E-state index in [1.165, 1.54) is 5.56 Å². The van der Waals surface area contributed by atoms with Crippen LogP contribution in [-0.2, 0) is 4.79 Å². The Morgan fingerprint density at radius 1 is 1.06 bits per heavy atom. The molecule has 186 valence electrons. The maximum atomic E-state index is 12.8. The van der Waals surface area contributed by atoms with Crippen molar-refractivity contribution in [1.82, 2.24) is 16.0 Å². The van der Waals surface area contributed by atoms with Crippen LogP contribution < -0.4 is 26.0 Å². The number of carbonyl (C=O) groups excluding carboxylic acids is 2. The number of amides is 2. The highest BCUT2D eigenvalue weighted by molar-refractivity contribution is 7.99. The number of methoxy groups -OCH3 is 1. The lowest BCUT2D eigenvalue weighted by molar-refractivity contribution is -0.124. The Morgan fingerprint density at radius 2 is 1.78 bits per heavy atom. The van der Waals surface area contributed by atoms with Crippen LogP contribution in [0.1, 0.15) is 22.3 Å². The van der Waals surface area contributed by atoms with E-state index in [-0.39, 0.29) is 23.8 Å². The van der Waals surface area contributed by atoms with Crippen LogP contribution in [0.2, 0.25) is 0 Å². The largest absolute Gasteiger partial charge is 0.497 e. The second kappa shape index (κ2) is 12.2. The monoisotopic (exact) mass is 503 g/mol. The maximum absolute atomic E-state index is 12.8. The van der Waals surface area contributed by atoms with Gasteiger partial charge in [-0.25, -0.2) is 4.99 Å². The number of aliphatic imine (C=N–C) groups is 1. The Labute approximate surface area is 214 Å². The number of anilines is 1. The van der Waals surface area contributed by atoms with Crippen molar-refractivity contribution in [1.29, 1.82) is 0 Å². The van der Waals surface area contributed by atoms with Gasteiger partial charge in [0.05, 0.1) is 7.11 Å². The lowest BCUT2D eigenvalue weighted by Gasteiger charge is -2.29.